The summed E-state index contributed by atoms with van der Waals surface area (Å²) in [6.07, 6.45) is 0.477. The van der Waals surface area contributed by atoms with Crippen molar-refractivity contribution in [2.45, 2.75) is 26.4 Å². The van der Waals surface area contributed by atoms with Gasteiger partial charge in [0.05, 0.1) is 3.79 Å². The summed E-state index contributed by atoms with van der Waals surface area (Å²) in [7, 11) is 0. The first kappa shape index (κ1) is 12.8. The smallest absolute Gasteiger partial charge is 0.113 e. The van der Waals surface area contributed by atoms with Crippen LogP contribution >= 0.6 is 27.3 Å². The number of halogens is 1. The monoisotopic (exact) mass is 310 g/mol. The minimum absolute atomic E-state index is 0.517. The number of rotatable bonds is 3. The molecule has 1 atom stereocenters. The zero-order valence-electron chi connectivity index (χ0n) is 9.90. The molecule has 0 aliphatic carbocycles. The van der Waals surface area contributed by atoms with Gasteiger partial charge in [-0.25, -0.2) is 0 Å². The van der Waals surface area contributed by atoms with E-state index in [9.17, 15) is 5.11 Å². The third-order valence-electron chi connectivity index (χ3n) is 2.82. The third-order valence-corrected chi connectivity index (χ3v) is 5.01. The number of thiophene rings is 1. The summed E-state index contributed by atoms with van der Waals surface area (Å²) in [6, 6.07) is 10.2. The van der Waals surface area contributed by atoms with Gasteiger partial charge >= 0.3 is 0 Å². The van der Waals surface area contributed by atoms with Crippen LogP contribution < -0.4 is 0 Å². The fourth-order valence-corrected chi connectivity index (χ4v) is 3.35. The zero-order valence-corrected chi connectivity index (χ0v) is 12.3. The number of aliphatic hydroxyl groups is 1. The van der Waals surface area contributed by atoms with Crippen LogP contribution in [-0.4, -0.2) is 5.11 Å². The van der Waals surface area contributed by atoms with Gasteiger partial charge < -0.3 is 5.11 Å². The Morgan fingerprint density at radius 2 is 2.12 bits per heavy atom. The van der Waals surface area contributed by atoms with Crippen LogP contribution in [0.4, 0.5) is 0 Å². The van der Waals surface area contributed by atoms with Crippen LogP contribution in [0.1, 0.15) is 34.6 Å². The Morgan fingerprint density at radius 3 is 2.71 bits per heavy atom. The largest absolute Gasteiger partial charge is 0.383 e. The predicted octanol–water partition coefficient (Wildman–Crippen LogP) is 4.46. The van der Waals surface area contributed by atoms with Gasteiger partial charge in [0.15, 0.2) is 0 Å². The van der Waals surface area contributed by atoms with E-state index in [1.165, 1.54) is 11.1 Å². The van der Waals surface area contributed by atoms with Crippen LogP contribution in [0.15, 0.2) is 34.1 Å². The molecule has 0 saturated heterocycles. The molecule has 0 bridgehead atoms. The molecule has 1 nitrogen and oxygen atoms in total. The quantitative estimate of drug-likeness (QED) is 0.887. The lowest BCUT2D eigenvalue weighted by molar-refractivity contribution is 0.224. The van der Waals surface area contributed by atoms with Gasteiger partial charge in [0, 0.05) is 4.88 Å². The Morgan fingerprint density at radius 1 is 1.35 bits per heavy atom. The van der Waals surface area contributed by atoms with Crippen molar-refractivity contribution in [2.24, 2.45) is 0 Å². The van der Waals surface area contributed by atoms with Crippen LogP contribution in [0.5, 0.6) is 0 Å². The Bertz CT molecular complexity index is 499. The van der Waals surface area contributed by atoms with E-state index >= 15 is 0 Å². The normalized spacial score (nSPS) is 12.7. The van der Waals surface area contributed by atoms with Crippen molar-refractivity contribution >= 4 is 27.3 Å². The summed E-state index contributed by atoms with van der Waals surface area (Å²) in [5, 5.41) is 10.3. The predicted molar refractivity (Wildman–Crippen MR) is 76.6 cm³/mol. The number of hydrogen-bond acceptors (Lipinski definition) is 2. The zero-order chi connectivity index (χ0) is 12.4. The Labute approximate surface area is 114 Å². The van der Waals surface area contributed by atoms with Gasteiger partial charge in [0.1, 0.15) is 6.10 Å². The van der Waals surface area contributed by atoms with E-state index in [1.54, 1.807) is 11.3 Å². The number of benzene rings is 1. The van der Waals surface area contributed by atoms with Crippen LogP contribution in [0.2, 0.25) is 0 Å². The van der Waals surface area contributed by atoms with E-state index in [0.29, 0.717) is 0 Å². The average molecular weight is 311 g/mol. The van der Waals surface area contributed by atoms with Gasteiger partial charge in [-0.15, -0.1) is 11.3 Å². The number of aryl methyl sites for hydroxylation is 2. The van der Waals surface area contributed by atoms with E-state index < -0.39 is 6.10 Å². The molecule has 1 heterocycles. The van der Waals surface area contributed by atoms with Gasteiger partial charge in [0.2, 0.25) is 0 Å². The molecule has 17 heavy (non-hydrogen) atoms. The second kappa shape index (κ2) is 5.34. The molecule has 0 aliphatic rings. The first-order valence-electron chi connectivity index (χ1n) is 5.64. The summed E-state index contributed by atoms with van der Waals surface area (Å²) >= 11 is 5.09. The molecule has 1 aromatic heterocycles. The third kappa shape index (κ3) is 2.79. The highest BCUT2D eigenvalue weighted by molar-refractivity contribution is 9.11. The van der Waals surface area contributed by atoms with Gasteiger partial charge in [0.25, 0.3) is 0 Å². The Kier molecular flexibility index (Phi) is 4.02. The van der Waals surface area contributed by atoms with E-state index in [0.717, 1.165) is 20.6 Å². The van der Waals surface area contributed by atoms with E-state index in [4.69, 9.17) is 0 Å². The summed E-state index contributed by atoms with van der Waals surface area (Å²) in [5.74, 6) is 0. The first-order chi connectivity index (χ1) is 8.11. The van der Waals surface area contributed by atoms with Gasteiger partial charge in [-0.05, 0) is 52.0 Å². The average Bonchev–Trinajstić information content (AvgIpc) is 2.69. The van der Waals surface area contributed by atoms with E-state index in [-0.39, 0.29) is 0 Å². The van der Waals surface area contributed by atoms with Crippen LogP contribution in [0.3, 0.4) is 0 Å². The molecule has 1 aromatic carbocycles. The fourth-order valence-electron chi connectivity index (χ4n) is 1.77. The molecule has 90 valence electrons. The van der Waals surface area contributed by atoms with E-state index in [2.05, 4.69) is 35.0 Å². The van der Waals surface area contributed by atoms with Crippen molar-refractivity contribution in [1.29, 1.82) is 0 Å². The highest BCUT2D eigenvalue weighted by Crippen LogP contribution is 2.34. The lowest BCUT2D eigenvalue weighted by Crippen LogP contribution is -1.97. The van der Waals surface area contributed by atoms with Crippen molar-refractivity contribution in [1.82, 2.24) is 0 Å². The second-order valence-electron chi connectivity index (χ2n) is 4.11. The molecule has 2 rings (SSSR count). The maximum absolute atomic E-state index is 10.3. The van der Waals surface area contributed by atoms with Crippen LogP contribution in [0.25, 0.3) is 0 Å². The molecule has 1 N–H and O–H groups in total. The molecular weight excluding hydrogens is 296 g/mol. The van der Waals surface area contributed by atoms with Crippen LogP contribution in [-0.2, 0) is 6.42 Å². The molecule has 0 fully saturated rings. The van der Waals surface area contributed by atoms with E-state index in [1.807, 2.05) is 25.1 Å². The SMILES string of the molecule is CCc1cccc(C(O)c2cc(C)c(Br)s2)c1. The maximum atomic E-state index is 10.3. The van der Waals surface area contributed by atoms with Crippen molar-refractivity contribution in [2.75, 3.05) is 0 Å². The molecule has 0 spiro atoms. The summed E-state index contributed by atoms with van der Waals surface area (Å²) < 4.78 is 1.10. The van der Waals surface area contributed by atoms with Crippen molar-refractivity contribution < 1.29 is 5.11 Å². The minimum atomic E-state index is -0.517. The Balaban J connectivity index is 2.32. The van der Waals surface area contributed by atoms with Crippen molar-refractivity contribution in [3.63, 3.8) is 0 Å². The minimum Gasteiger partial charge on any atom is -0.383 e. The Hall–Kier alpha value is -0.640. The van der Waals surface area contributed by atoms with Gasteiger partial charge in [-0.2, -0.15) is 0 Å². The lowest BCUT2D eigenvalue weighted by atomic mass is 10.0. The molecular formula is C14H15BrOS. The molecule has 0 amide bonds. The molecule has 0 aliphatic heterocycles. The molecule has 0 saturated carbocycles. The molecule has 1 unspecified atom stereocenters. The number of hydrogen-bond donors (Lipinski definition) is 1. The summed E-state index contributed by atoms with van der Waals surface area (Å²) in [5.41, 5.74) is 3.41. The standard InChI is InChI=1S/C14H15BrOS/c1-3-10-5-4-6-11(8-10)13(16)12-7-9(2)14(15)17-12/h4-8,13,16H,3H2,1-2H3. The molecule has 0 radical (unpaired) electrons. The van der Waals surface area contributed by atoms with Crippen LogP contribution in [0, 0.1) is 6.92 Å². The highest BCUT2D eigenvalue weighted by atomic mass is 79.9. The second-order valence-corrected chi connectivity index (χ2v) is 6.51. The summed E-state index contributed by atoms with van der Waals surface area (Å²) in [6.45, 7) is 4.16. The fraction of sp³-hybridized carbons (Fsp3) is 0.286. The van der Waals surface area contributed by atoms with Crippen molar-refractivity contribution in [3.05, 3.63) is 55.7 Å². The first-order valence-corrected chi connectivity index (χ1v) is 7.25. The highest BCUT2D eigenvalue weighted by Gasteiger charge is 2.14. The molecule has 3 heteroatoms. The number of aliphatic hydroxyl groups excluding tert-OH is 1. The topological polar surface area (TPSA) is 20.2 Å². The van der Waals surface area contributed by atoms with Gasteiger partial charge in [-0.1, -0.05) is 31.2 Å². The lowest BCUT2D eigenvalue weighted by Gasteiger charge is -2.10. The maximum Gasteiger partial charge on any atom is 0.113 e. The van der Waals surface area contributed by atoms with Gasteiger partial charge in [-0.3, -0.25) is 0 Å². The summed E-state index contributed by atoms with van der Waals surface area (Å²) in [4.78, 5) is 0.989. The van der Waals surface area contributed by atoms with Crippen molar-refractivity contribution in [3.8, 4) is 0 Å². The molecule has 2 aromatic rings.